The van der Waals surface area contributed by atoms with Crippen LogP contribution in [-0.2, 0) is 9.53 Å². The molecule has 0 spiro atoms. The normalized spacial score (nSPS) is 28.9. The average Bonchev–Trinajstić information content (AvgIpc) is 2.19. The van der Waals surface area contributed by atoms with E-state index in [9.17, 15) is 14.0 Å². The zero-order valence-corrected chi connectivity index (χ0v) is 11.2. The van der Waals surface area contributed by atoms with Crippen molar-refractivity contribution in [2.75, 3.05) is 13.1 Å². The van der Waals surface area contributed by atoms with Gasteiger partial charge in [0.15, 0.2) is 0 Å². The third-order valence-corrected chi connectivity index (χ3v) is 3.00. The van der Waals surface area contributed by atoms with Crippen molar-refractivity contribution in [1.29, 1.82) is 0 Å². The number of likely N-dealkylation sites (tertiary alicyclic amines) is 1. The van der Waals surface area contributed by atoms with Crippen LogP contribution in [0.1, 0.15) is 34.1 Å². The Morgan fingerprint density at radius 3 is 2.44 bits per heavy atom. The average molecular weight is 261 g/mol. The standard InChI is InChI=1S/C12H20FNO4/c1-11(2,3)18-10(17)14-6-5-8(13)12(4,7-14)9(15)16/h8H,5-7H2,1-4H3,(H,15,16). The van der Waals surface area contributed by atoms with E-state index in [0.717, 1.165) is 0 Å². The molecule has 1 rings (SSSR count). The molecule has 0 aromatic carbocycles. The second-order valence-corrected chi connectivity index (χ2v) is 5.88. The smallest absolute Gasteiger partial charge is 0.410 e. The van der Waals surface area contributed by atoms with Crippen LogP contribution in [0, 0.1) is 5.41 Å². The van der Waals surface area contributed by atoms with Gasteiger partial charge in [-0.15, -0.1) is 0 Å². The highest BCUT2D eigenvalue weighted by Gasteiger charge is 2.48. The first-order valence-electron chi connectivity index (χ1n) is 5.91. The first kappa shape index (κ1) is 14.7. The van der Waals surface area contributed by atoms with Crippen LogP contribution in [0.4, 0.5) is 9.18 Å². The van der Waals surface area contributed by atoms with E-state index in [1.807, 2.05) is 0 Å². The van der Waals surface area contributed by atoms with Crippen molar-refractivity contribution in [3.05, 3.63) is 0 Å². The van der Waals surface area contributed by atoms with Crippen molar-refractivity contribution in [2.24, 2.45) is 5.41 Å². The summed E-state index contributed by atoms with van der Waals surface area (Å²) in [7, 11) is 0. The first-order valence-corrected chi connectivity index (χ1v) is 5.91. The van der Waals surface area contributed by atoms with E-state index in [0.29, 0.717) is 0 Å². The molecule has 104 valence electrons. The zero-order valence-electron chi connectivity index (χ0n) is 11.2. The summed E-state index contributed by atoms with van der Waals surface area (Å²) in [5, 5.41) is 9.08. The van der Waals surface area contributed by atoms with Crippen LogP contribution in [0.15, 0.2) is 0 Å². The molecular formula is C12H20FNO4. The van der Waals surface area contributed by atoms with Crippen LogP contribution in [-0.4, -0.2) is 46.9 Å². The Morgan fingerprint density at radius 1 is 1.44 bits per heavy atom. The molecule has 0 aromatic rings. The summed E-state index contributed by atoms with van der Waals surface area (Å²) in [5.41, 5.74) is -2.21. The van der Waals surface area contributed by atoms with Crippen molar-refractivity contribution in [2.45, 2.75) is 45.9 Å². The number of carboxylic acid groups (broad SMARTS) is 1. The van der Waals surface area contributed by atoms with Crippen molar-refractivity contribution in [3.8, 4) is 0 Å². The molecule has 0 radical (unpaired) electrons. The lowest BCUT2D eigenvalue weighted by molar-refractivity contribution is -0.156. The van der Waals surface area contributed by atoms with E-state index < -0.39 is 29.3 Å². The summed E-state index contributed by atoms with van der Waals surface area (Å²) in [6.07, 6.45) is -2.03. The number of alkyl halides is 1. The molecule has 1 aliphatic rings. The number of hydrogen-bond donors (Lipinski definition) is 1. The van der Waals surface area contributed by atoms with Gasteiger partial charge in [0.05, 0.1) is 0 Å². The van der Waals surface area contributed by atoms with E-state index in [1.54, 1.807) is 20.8 Å². The zero-order chi connectivity index (χ0) is 14.1. The van der Waals surface area contributed by atoms with Gasteiger partial charge in [0.2, 0.25) is 0 Å². The number of hydrogen-bond acceptors (Lipinski definition) is 3. The minimum Gasteiger partial charge on any atom is -0.481 e. The molecule has 2 unspecified atom stereocenters. The highest BCUT2D eigenvalue weighted by atomic mass is 19.1. The SMILES string of the molecule is CC(C)(C)OC(=O)N1CCC(F)C(C)(C(=O)O)C1. The van der Waals surface area contributed by atoms with Crippen LogP contribution in [0.5, 0.6) is 0 Å². The number of carbonyl (C=O) groups is 2. The number of nitrogens with zero attached hydrogens (tertiary/aromatic N) is 1. The molecule has 0 aliphatic carbocycles. The van der Waals surface area contributed by atoms with Gasteiger partial charge < -0.3 is 14.7 Å². The minimum absolute atomic E-state index is 0.0159. The van der Waals surface area contributed by atoms with Gasteiger partial charge in [-0.1, -0.05) is 0 Å². The van der Waals surface area contributed by atoms with E-state index >= 15 is 0 Å². The minimum atomic E-state index is -1.56. The van der Waals surface area contributed by atoms with Crippen LogP contribution < -0.4 is 0 Å². The lowest BCUT2D eigenvalue weighted by atomic mass is 9.80. The quantitative estimate of drug-likeness (QED) is 0.784. The Kier molecular flexibility index (Phi) is 3.88. The van der Waals surface area contributed by atoms with Gasteiger partial charge in [0, 0.05) is 13.1 Å². The molecule has 1 heterocycles. The molecule has 0 bridgehead atoms. The summed E-state index contributed by atoms with van der Waals surface area (Å²) >= 11 is 0. The van der Waals surface area contributed by atoms with Gasteiger partial charge in [-0.2, -0.15) is 0 Å². The summed E-state index contributed by atoms with van der Waals surface area (Å²) in [6.45, 7) is 6.50. The summed E-state index contributed by atoms with van der Waals surface area (Å²) in [6, 6.07) is 0. The largest absolute Gasteiger partial charge is 0.481 e. The molecule has 5 nitrogen and oxygen atoms in total. The number of ether oxygens (including phenoxy) is 1. The topological polar surface area (TPSA) is 66.8 Å². The maximum Gasteiger partial charge on any atom is 0.410 e. The van der Waals surface area contributed by atoms with Gasteiger partial charge in [-0.3, -0.25) is 4.79 Å². The highest BCUT2D eigenvalue weighted by molar-refractivity contribution is 5.77. The molecular weight excluding hydrogens is 241 g/mol. The van der Waals surface area contributed by atoms with E-state index in [4.69, 9.17) is 9.84 Å². The predicted molar refractivity (Wildman–Crippen MR) is 63.1 cm³/mol. The molecule has 18 heavy (non-hydrogen) atoms. The first-order chi connectivity index (χ1) is 8.06. The van der Waals surface area contributed by atoms with Crippen LogP contribution in [0.25, 0.3) is 0 Å². The van der Waals surface area contributed by atoms with Crippen molar-refractivity contribution in [1.82, 2.24) is 4.90 Å². The fraction of sp³-hybridized carbons (Fsp3) is 0.833. The molecule has 0 saturated carbocycles. The van der Waals surface area contributed by atoms with Gasteiger partial charge in [-0.25, -0.2) is 9.18 Å². The third-order valence-electron chi connectivity index (χ3n) is 3.00. The van der Waals surface area contributed by atoms with Crippen LogP contribution >= 0.6 is 0 Å². The van der Waals surface area contributed by atoms with Crippen molar-refractivity contribution in [3.63, 3.8) is 0 Å². The maximum atomic E-state index is 13.7. The number of piperidine rings is 1. The Morgan fingerprint density at radius 2 is 2.00 bits per heavy atom. The van der Waals surface area contributed by atoms with Gasteiger partial charge in [0.25, 0.3) is 0 Å². The number of amides is 1. The lowest BCUT2D eigenvalue weighted by Gasteiger charge is -2.40. The Labute approximate surface area is 106 Å². The molecule has 1 saturated heterocycles. The summed E-state index contributed by atoms with van der Waals surface area (Å²) in [4.78, 5) is 24.2. The maximum absolute atomic E-state index is 13.7. The van der Waals surface area contributed by atoms with Gasteiger partial charge in [-0.05, 0) is 34.1 Å². The highest BCUT2D eigenvalue weighted by Crippen LogP contribution is 2.33. The van der Waals surface area contributed by atoms with Crippen molar-refractivity contribution < 1.29 is 23.8 Å². The molecule has 1 fully saturated rings. The Hall–Kier alpha value is -1.33. The summed E-state index contributed by atoms with van der Waals surface area (Å²) < 4.78 is 18.9. The molecule has 1 amide bonds. The number of rotatable bonds is 1. The molecule has 1 aliphatic heterocycles. The predicted octanol–water partition coefficient (Wildman–Crippen LogP) is 2.06. The Bertz CT molecular complexity index is 352. The third kappa shape index (κ3) is 3.11. The second kappa shape index (κ2) is 4.74. The van der Waals surface area contributed by atoms with Gasteiger partial charge >= 0.3 is 12.1 Å². The number of carboxylic acids is 1. The molecule has 6 heteroatoms. The number of carbonyl (C=O) groups excluding carboxylic acids is 1. The summed E-state index contributed by atoms with van der Waals surface area (Å²) in [5.74, 6) is -1.23. The van der Waals surface area contributed by atoms with Crippen LogP contribution in [0.2, 0.25) is 0 Å². The van der Waals surface area contributed by atoms with E-state index in [2.05, 4.69) is 0 Å². The second-order valence-electron chi connectivity index (χ2n) is 5.88. The van der Waals surface area contributed by atoms with E-state index in [1.165, 1.54) is 11.8 Å². The van der Waals surface area contributed by atoms with Gasteiger partial charge in [0.1, 0.15) is 17.2 Å². The molecule has 1 N–H and O–H groups in total. The Balaban J connectivity index is 2.77. The monoisotopic (exact) mass is 261 g/mol. The number of halogens is 1. The molecule has 2 atom stereocenters. The fourth-order valence-corrected chi connectivity index (χ4v) is 1.85. The number of aliphatic carboxylic acids is 1. The lowest BCUT2D eigenvalue weighted by Crippen LogP contribution is -2.55. The van der Waals surface area contributed by atoms with Crippen LogP contribution in [0.3, 0.4) is 0 Å². The van der Waals surface area contributed by atoms with Crippen molar-refractivity contribution >= 4 is 12.1 Å². The molecule has 0 aromatic heterocycles. The van der Waals surface area contributed by atoms with E-state index in [-0.39, 0.29) is 19.5 Å². The fourth-order valence-electron chi connectivity index (χ4n) is 1.85.